The number of hydrogen-bond donors (Lipinski definition) is 3. The Labute approximate surface area is 169 Å². The first-order chi connectivity index (χ1) is 12.9. The molecule has 0 aromatic heterocycles. The minimum Gasteiger partial charge on any atom is -0.507 e. The Morgan fingerprint density at radius 2 is 1.50 bits per heavy atom. The lowest BCUT2D eigenvalue weighted by atomic mass is 9.75. The van der Waals surface area contributed by atoms with Crippen LogP contribution >= 0.6 is 0 Å². The molecule has 0 bridgehead atoms. The van der Waals surface area contributed by atoms with Crippen molar-refractivity contribution >= 4 is 5.90 Å². The van der Waals surface area contributed by atoms with Gasteiger partial charge in [-0.15, -0.1) is 0 Å². The van der Waals surface area contributed by atoms with Gasteiger partial charge in [0.15, 0.2) is 5.90 Å². The summed E-state index contributed by atoms with van der Waals surface area (Å²) in [6, 6.07) is 4.04. The van der Waals surface area contributed by atoms with E-state index in [0.717, 1.165) is 23.1 Å². The number of aliphatic imine (C=N–C) groups is 1. The van der Waals surface area contributed by atoms with Gasteiger partial charge in [0.2, 0.25) is 0 Å². The van der Waals surface area contributed by atoms with Gasteiger partial charge in [0.05, 0.1) is 24.7 Å². The van der Waals surface area contributed by atoms with Crippen molar-refractivity contribution in [2.75, 3.05) is 19.8 Å². The van der Waals surface area contributed by atoms with E-state index in [1.165, 1.54) is 0 Å². The second-order valence-corrected chi connectivity index (χ2v) is 10.1. The molecule has 1 aliphatic heterocycles. The molecule has 158 valence electrons. The van der Waals surface area contributed by atoms with Crippen LogP contribution in [0.15, 0.2) is 17.1 Å². The Morgan fingerprint density at radius 3 is 1.86 bits per heavy atom. The average molecular weight is 392 g/mol. The number of ether oxygens (including phenoxy) is 1. The van der Waals surface area contributed by atoms with Crippen molar-refractivity contribution in [3.05, 3.63) is 28.8 Å². The Kier molecular flexibility index (Phi) is 6.51. The number of benzene rings is 1. The number of aliphatic hydroxyl groups excluding tert-OH is 2. The number of phenolic OH excluding ortho intramolecular Hbond substituents is 1. The Bertz CT molecular complexity index is 686. The highest BCUT2D eigenvalue weighted by molar-refractivity contribution is 5.85. The molecular formula is C23H37NO4. The lowest BCUT2D eigenvalue weighted by Gasteiger charge is -2.32. The number of aromatic hydroxyl groups is 1. The van der Waals surface area contributed by atoms with E-state index in [4.69, 9.17) is 4.74 Å². The van der Waals surface area contributed by atoms with E-state index in [1.54, 1.807) is 0 Å². The second-order valence-electron chi connectivity index (χ2n) is 10.1. The van der Waals surface area contributed by atoms with Crippen LogP contribution in [-0.4, -0.2) is 47.1 Å². The van der Waals surface area contributed by atoms with Crippen LogP contribution < -0.4 is 0 Å². The summed E-state index contributed by atoms with van der Waals surface area (Å²) in [6.45, 7) is 14.4. The minimum atomic E-state index is -0.967. The van der Waals surface area contributed by atoms with E-state index < -0.39 is 5.41 Å². The summed E-state index contributed by atoms with van der Waals surface area (Å²) in [4.78, 5) is 4.60. The number of rotatable bonds is 6. The standard InChI is InChI=1S/C23H37NO4/c1-8-16-12-28-20(24-16)23(13-25,14-26)11-15-9-17(21(2,3)4)19(27)18(10-15)22(5,6)7/h9-10,16,25-27H,8,11-14H2,1-7H3. The topological polar surface area (TPSA) is 82.3 Å². The molecule has 0 spiro atoms. The summed E-state index contributed by atoms with van der Waals surface area (Å²) in [5.74, 6) is 0.759. The maximum atomic E-state index is 10.9. The van der Waals surface area contributed by atoms with Crippen molar-refractivity contribution in [2.45, 2.75) is 78.2 Å². The van der Waals surface area contributed by atoms with Crippen molar-refractivity contribution in [1.82, 2.24) is 0 Å². The Balaban J connectivity index is 2.57. The Morgan fingerprint density at radius 1 is 1.00 bits per heavy atom. The van der Waals surface area contributed by atoms with Crippen molar-refractivity contribution in [1.29, 1.82) is 0 Å². The molecule has 1 unspecified atom stereocenters. The molecule has 3 N–H and O–H groups in total. The zero-order valence-electron chi connectivity index (χ0n) is 18.5. The summed E-state index contributed by atoms with van der Waals surface area (Å²) in [7, 11) is 0. The molecule has 1 heterocycles. The summed E-state index contributed by atoms with van der Waals surface area (Å²) >= 11 is 0. The molecular weight excluding hydrogens is 354 g/mol. The molecule has 5 nitrogen and oxygen atoms in total. The molecule has 0 radical (unpaired) electrons. The highest BCUT2D eigenvalue weighted by atomic mass is 16.5. The van der Waals surface area contributed by atoms with Crippen molar-refractivity contribution in [2.24, 2.45) is 10.4 Å². The van der Waals surface area contributed by atoms with Gasteiger partial charge in [0.1, 0.15) is 12.4 Å². The van der Waals surface area contributed by atoms with Gasteiger partial charge in [-0.3, -0.25) is 0 Å². The molecule has 0 saturated carbocycles. The SMILES string of the molecule is CCC1COC(C(CO)(CO)Cc2cc(C(C)(C)C)c(O)c(C(C)(C)C)c2)=N1. The van der Waals surface area contributed by atoms with E-state index in [-0.39, 0.29) is 30.1 Å². The molecule has 0 saturated heterocycles. The van der Waals surface area contributed by atoms with Gasteiger partial charge in [-0.05, 0) is 40.4 Å². The fourth-order valence-electron chi connectivity index (χ4n) is 3.62. The van der Waals surface area contributed by atoms with Gasteiger partial charge < -0.3 is 20.1 Å². The van der Waals surface area contributed by atoms with Crippen LogP contribution in [0.2, 0.25) is 0 Å². The quantitative estimate of drug-likeness (QED) is 0.690. The predicted molar refractivity (Wildman–Crippen MR) is 113 cm³/mol. The minimum absolute atomic E-state index is 0.0718. The fourth-order valence-corrected chi connectivity index (χ4v) is 3.62. The van der Waals surface area contributed by atoms with Crippen LogP contribution in [-0.2, 0) is 22.0 Å². The van der Waals surface area contributed by atoms with Crippen LogP contribution in [0.25, 0.3) is 0 Å². The van der Waals surface area contributed by atoms with Crippen LogP contribution in [0, 0.1) is 5.41 Å². The molecule has 0 fully saturated rings. The van der Waals surface area contributed by atoms with Crippen LogP contribution in [0.1, 0.15) is 71.6 Å². The van der Waals surface area contributed by atoms with Crippen LogP contribution in [0.3, 0.4) is 0 Å². The van der Waals surface area contributed by atoms with E-state index in [0.29, 0.717) is 24.7 Å². The zero-order valence-corrected chi connectivity index (χ0v) is 18.5. The third-order valence-electron chi connectivity index (χ3n) is 5.57. The van der Waals surface area contributed by atoms with Gasteiger partial charge in [0.25, 0.3) is 0 Å². The third kappa shape index (κ3) is 4.52. The normalized spacial score (nSPS) is 18.2. The molecule has 5 heteroatoms. The molecule has 0 amide bonds. The van der Waals surface area contributed by atoms with E-state index in [1.807, 2.05) is 19.1 Å². The van der Waals surface area contributed by atoms with Gasteiger partial charge >= 0.3 is 0 Å². The molecule has 1 aromatic rings. The molecule has 2 rings (SSSR count). The van der Waals surface area contributed by atoms with Crippen molar-refractivity contribution < 1.29 is 20.1 Å². The van der Waals surface area contributed by atoms with E-state index >= 15 is 0 Å². The molecule has 1 atom stereocenters. The van der Waals surface area contributed by atoms with Crippen molar-refractivity contribution in [3.63, 3.8) is 0 Å². The van der Waals surface area contributed by atoms with Gasteiger partial charge in [-0.25, -0.2) is 4.99 Å². The maximum absolute atomic E-state index is 10.9. The average Bonchev–Trinajstić information content (AvgIpc) is 3.08. The predicted octanol–water partition coefficient (Wildman–Crippen LogP) is 3.71. The largest absolute Gasteiger partial charge is 0.507 e. The van der Waals surface area contributed by atoms with Crippen molar-refractivity contribution in [3.8, 4) is 5.75 Å². The van der Waals surface area contributed by atoms with Crippen LogP contribution in [0.5, 0.6) is 5.75 Å². The zero-order chi connectivity index (χ0) is 21.3. The monoisotopic (exact) mass is 391 g/mol. The van der Waals surface area contributed by atoms with E-state index in [9.17, 15) is 15.3 Å². The second kappa shape index (κ2) is 8.03. The molecule has 1 aromatic carbocycles. The van der Waals surface area contributed by atoms with Gasteiger partial charge in [-0.2, -0.15) is 0 Å². The number of phenols is 1. The molecule has 0 aliphatic carbocycles. The van der Waals surface area contributed by atoms with E-state index in [2.05, 4.69) is 46.5 Å². The molecule has 1 aliphatic rings. The highest BCUT2D eigenvalue weighted by Gasteiger charge is 2.41. The number of hydrogen-bond acceptors (Lipinski definition) is 5. The summed E-state index contributed by atoms with van der Waals surface area (Å²) in [6.07, 6.45) is 1.25. The summed E-state index contributed by atoms with van der Waals surface area (Å²) < 4.78 is 5.78. The summed E-state index contributed by atoms with van der Waals surface area (Å²) in [5.41, 5.74) is 1.22. The smallest absolute Gasteiger partial charge is 0.195 e. The fraction of sp³-hybridized carbons (Fsp3) is 0.696. The molecule has 28 heavy (non-hydrogen) atoms. The maximum Gasteiger partial charge on any atom is 0.195 e. The van der Waals surface area contributed by atoms with Crippen LogP contribution in [0.4, 0.5) is 0 Å². The first kappa shape index (κ1) is 22.7. The number of nitrogens with zero attached hydrogens (tertiary/aromatic N) is 1. The first-order valence-electron chi connectivity index (χ1n) is 10.2. The van der Waals surface area contributed by atoms with Gasteiger partial charge in [0, 0.05) is 0 Å². The summed E-state index contributed by atoms with van der Waals surface area (Å²) in [5, 5.41) is 31.3. The highest BCUT2D eigenvalue weighted by Crippen LogP contribution is 2.41. The van der Waals surface area contributed by atoms with Gasteiger partial charge in [-0.1, -0.05) is 60.6 Å². The lowest BCUT2D eigenvalue weighted by molar-refractivity contribution is 0.0885. The first-order valence-corrected chi connectivity index (χ1v) is 10.2. The number of aliphatic hydroxyl groups is 2. The third-order valence-corrected chi connectivity index (χ3v) is 5.57. The Hall–Kier alpha value is -1.59. The lowest BCUT2D eigenvalue weighted by Crippen LogP contribution is -2.41.